The number of aromatic nitrogens is 1. The van der Waals surface area contributed by atoms with Gasteiger partial charge in [0.25, 0.3) is 11.7 Å². The number of pyridine rings is 1. The summed E-state index contributed by atoms with van der Waals surface area (Å²) in [5.41, 5.74) is 0.300. The summed E-state index contributed by atoms with van der Waals surface area (Å²) in [6.07, 6.45) is -3.38. The molecule has 1 saturated heterocycles. The van der Waals surface area contributed by atoms with Crippen molar-refractivity contribution in [2.45, 2.75) is 13.1 Å². The van der Waals surface area contributed by atoms with Crippen molar-refractivity contribution in [3.8, 4) is 0 Å². The van der Waals surface area contributed by atoms with Gasteiger partial charge in [0, 0.05) is 10.8 Å². The number of rotatable bonds is 2. The van der Waals surface area contributed by atoms with Crippen LogP contribution in [0, 0.1) is 6.92 Å². The van der Waals surface area contributed by atoms with Gasteiger partial charge in [-0.2, -0.15) is 13.2 Å². The van der Waals surface area contributed by atoms with Crippen LogP contribution in [0.5, 0.6) is 0 Å². The number of fused-ring (bicyclic) bond motifs is 1. The van der Waals surface area contributed by atoms with Crippen molar-refractivity contribution in [1.82, 2.24) is 4.90 Å². The summed E-state index contributed by atoms with van der Waals surface area (Å²) in [5, 5.41) is 1.11. The molecule has 1 N–H and O–H groups in total. The van der Waals surface area contributed by atoms with Crippen LogP contribution in [-0.4, -0.2) is 37.0 Å². The van der Waals surface area contributed by atoms with Gasteiger partial charge >= 0.3 is 6.18 Å². The minimum atomic E-state index is -4.36. The number of hydrogen-bond donors (Lipinski definition) is 0. The minimum absolute atomic E-state index is 0.0229. The van der Waals surface area contributed by atoms with E-state index in [1.54, 1.807) is 0 Å². The zero-order valence-corrected chi connectivity index (χ0v) is 16.0. The molecule has 1 aromatic carbocycles. The molecule has 0 radical (unpaired) electrons. The molecule has 1 amide bonds. The molecule has 0 unspecified atom stereocenters. The number of benzene rings is 1. The molecule has 8 heteroatoms. The van der Waals surface area contributed by atoms with Crippen molar-refractivity contribution < 1.29 is 22.9 Å². The van der Waals surface area contributed by atoms with Crippen molar-refractivity contribution in [1.29, 1.82) is 0 Å². The van der Waals surface area contributed by atoms with Gasteiger partial charge in [0.2, 0.25) is 0 Å². The summed E-state index contributed by atoms with van der Waals surface area (Å²) in [6, 6.07) is 10.5. The number of carbonyl (C=O) groups excluding carboxylic acids is 1. The van der Waals surface area contributed by atoms with E-state index < -0.39 is 11.7 Å². The number of aryl methyl sites for hydroxylation is 1. The fourth-order valence-corrected chi connectivity index (χ4v) is 4.64. The Bertz CT molecular complexity index is 1010. The van der Waals surface area contributed by atoms with E-state index in [4.69, 9.17) is 0 Å². The van der Waals surface area contributed by atoms with E-state index in [0.29, 0.717) is 32.0 Å². The van der Waals surface area contributed by atoms with Crippen molar-refractivity contribution in [2.24, 2.45) is 0 Å². The molecule has 3 aromatic rings. The fraction of sp³-hybridized carbons (Fsp3) is 0.300. The highest BCUT2D eigenvalue weighted by molar-refractivity contribution is 7.21. The maximum Gasteiger partial charge on any atom is 0.419 e. The molecular weight excluding hydrogens is 387 g/mol. The molecule has 0 aliphatic carbocycles. The highest BCUT2D eigenvalue weighted by Gasteiger charge is 2.33. The molecule has 0 saturated carbocycles. The van der Waals surface area contributed by atoms with Crippen molar-refractivity contribution in [2.75, 3.05) is 31.1 Å². The van der Waals surface area contributed by atoms with Gasteiger partial charge in [0.1, 0.15) is 19.3 Å². The monoisotopic (exact) mass is 406 g/mol. The minimum Gasteiger partial charge on any atom is -0.330 e. The molecule has 1 aliphatic heterocycles. The lowest BCUT2D eigenvalue weighted by Crippen LogP contribution is -2.50. The standard InChI is InChI=1S/C20H18F3N3OS/c1-13-15-4-2-3-5-16(15)28-18(13)19(27)26-10-8-25(9-11-26)17-7-6-14(12-24-17)20(21,22)23/h2-7,12H,8-11H2,1H3/p+1. The SMILES string of the molecule is Cc1c(C(=O)N2CCN(c3ccc(C(F)(F)F)c[nH+]3)CC2)sc2ccccc12. The first kappa shape index (κ1) is 18.7. The second-order valence-electron chi connectivity index (χ2n) is 6.79. The Morgan fingerprint density at radius 1 is 1.07 bits per heavy atom. The van der Waals surface area contributed by atoms with E-state index in [0.717, 1.165) is 32.8 Å². The number of carbonyl (C=O) groups is 1. The normalized spacial score (nSPS) is 15.3. The Balaban J connectivity index is 1.45. The Morgan fingerprint density at radius 2 is 1.79 bits per heavy atom. The number of piperazine rings is 1. The number of anilines is 1. The summed E-state index contributed by atoms with van der Waals surface area (Å²) < 4.78 is 39.2. The summed E-state index contributed by atoms with van der Waals surface area (Å²) in [7, 11) is 0. The molecular formula is C20H19F3N3OS+. The van der Waals surface area contributed by atoms with Gasteiger partial charge < -0.3 is 4.90 Å². The van der Waals surface area contributed by atoms with Crippen LogP contribution in [-0.2, 0) is 6.18 Å². The van der Waals surface area contributed by atoms with Crippen LogP contribution in [0.4, 0.5) is 19.0 Å². The number of nitrogens with zero attached hydrogens (tertiary/aromatic N) is 2. The van der Waals surface area contributed by atoms with E-state index >= 15 is 0 Å². The molecule has 1 aliphatic rings. The first-order chi connectivity index (χ1) is 13.3. The molecule has 4 nitrogen and oxygen atoms in total. The van der Waals surface area contributed by atoms with E-state index in [2.05, 4.69) is 4.98 Å². The van der Waals surface area contributed by atoms with Gasteiger partial charge in [-0.3, -0.25) is 9.69 Å². The number of amides is 1. The third-order valence-corrected chi connectivity index (χ3v) is 6.33. The van der Waals surface area contributed by atoms with Crippen molar-refractivity contribution in [3.63, 3.8) is 0 Å². The van der Waals surface area contributed by atoms with Crippen LogP contribution in [0.1, 0.15) is 20.8 Å². The third-order valence-electron chi connectivity index (χ3n) is 5.07. The molecule has 146 valence electrons. The highest BCUT2D eigenvalue weighted by Crippen LogP contribution is 2.32. The number of nitrogens with one attached hydrogen (secondary N) is 1. The summed E-state index contributed by atoms with van der Waals surface area (Å²) in [5.74, 6) is 0.646. The Morgan fingerprint density at radius 3 is 2.39 bits per heavy atom. The van der Waals surface area contributed by atoms with Gasteiger partial charge in [-0.1, -0.05) is 18.2 Å². The Labute approximate surface area is 164 Å². The number of thiophene rings is 1. The van der Waals surface area contributed by atoms with Gasteiger partial charge in [0.15, 0.2) is 0 Å². The second kappa shape index (κ2) is 7.09. The van der Waals surface area contributed by atoms with Gasteiger partial charge in [-0.05, 0) is 30.0 Å². The molecule has 0 atom stereocenters. The van der Waals surface area contributed by atoms with E-state index in [-0.39, 0.29) is 5.91 Å². The lowest BCUT2D eigenvalue weighted by Gasteiger charge is -2.31. The maximum atomic E-state index is 13.0. The molecule has 3 heterocycles. The number of aromatic amines is 1. The molecule has 0 spiro atoms. The van der Waals surface area contributed by atoms with Gasteiger partial charge in [-0.15, -0.1) is 11.3 Å². The third kappa shape index (κ3) is 3.44. The zero-order chi connectivity index (χ0) is 19.9. The molecule has 4 rings (SSSR count). The Kier molecular flexibility index (Phi) is 4.74. The summed E-state index contributed by atoms with van der Waals surface area (Å²) >= 11 is 1.51. The molecule has 2 aromatic heterocycles. The summed E-state index contributed by atoms with van der Waals surface area (Å²) in [6.45, 7) is 4.16. The predicted octanol–water partition coefficient (Wildman–Crippen LogP) is 4.01. The van der Waals surface area contributed by atoms with Crippen molar-refractivity contribution >= 4 is 33.1 Å². The van der Waals surface area contributed by atoms with Crippen LogP contribution in [0.25, 0.3) is 10.1 Å². The first-order valence-corrected chi connectivity index (χ1v) is 9.77. The molecule has 1 fully saturated rings. The second-order valence-corrected chi connectivity index (χ2v) is 7.84. The number of H-pyrrole nitrogens is 1. The smallest absolute Gasteiger partial charge is 0.330 e. The van der Waals surface area contributed by atoms with Crippen LogP contribution in [0.15, 0.2) is 42.6 Å². The molecule has 0 bridgehead atoms. The van der Waals surface area contributed by atoms with Crippen LogP contribution in [0.3, 0.4) is 0 Å². The molecule has 28 heavy (non-hydrogen) atoms. The average Bonchev–Trinajstić information content (AvgIpc) is 3.04. The number of hydrogen-bond acceptors (Lipinski definition) is 3. The largest absolute Gasteiger partial charge is 0.419 e. The average molecular weight is 406 g/mol. The summed E-state index contributed by atoms with van der Waals surface area (Å²) in [4.78, 5) is 20.2. The van der Waals surface area contributed by atoms with Crippen LogP contribution >= 0.6 is 11.3 Å². The fourth-order valence-electron chi connectivity index (χ4n) is 3.46. The first-order valence-electron chi connectivity index (χ1n) is 8.96. The van der Waals surface area contributed by atoms with Crippen LogP contribution in [0.2, 0.25) is 0 Å². The van der Waals surface area contributed by atoms with Gasteiger partial charge in [0.05, 0.1) is 23.5 Å². The zero-order valence-electron chi connectivity index (χ0n) is 15.2. The topological polar surface area (TPSA) is 37.7 Å². The van der Waals surface area contributed by atoms with E-state index in [1.165, 1.54) is 17.4 Å². The van der Waals surface area contributed by atoms with E-state index in [1.807, 2.05) is 41.0 Å². The maximum absolute atomic E-state index is 13.0. The van der Waals surface area contributed by atoms with Crippen molar-refractivity contribution in [3.05, 3.63) is 58.6 Å². The van der Waals surface area contributed by atoms with E-state index in [9.17, 15) is 18.0 Å². The quantitative estimate of drug-likeness (QED) is 0.645. The lowest BCUT2D eigenvalue weighted by molar-refractivity contribution is -0.367. The predicted molar refractivity (Wildman–Crippen MR) is 103 cm³/mol. The highest BCUT2D eigenvalue weighted by atomic mass is 32.1. The van der Waals surface area contributed by atoms with Crippen LogP contribution < -0.4 is 9.88 Å². The number of halogens is 3. The number of alkyl halides is 3. The lowest BCUT2D eigenvalue weighted by atomic mass is 10.1. The van der Waals surface area contributed by atoms with Gasteiger partial charge in [-0.25, -0.2) is 4.98 Å². The Hall–Kier alpha value is -2.61.